The van der Waals surface area contributed by atoms with Crippen LogP contribution in [-0.2, 0) is 9.53 Å². The van der Waals surface area contributed by atoms with E-state index >= 15 is 0 Å². The maximum atomic E-state index is 12.5. The molecular formula is C24H33N5O3. The van der Waals surface area contributed by atoms with Crippen molar-refractivity contribution in [2.75, 3.05) is 51.1 Å². The third-order valence-electron chi connectivity index (χ3n) is 6.47. The largest absolute Gasteiger partial charge is 0.481 e. The summed E-state index contributed by atoms with van der Waals surface area (Å²) in [6, 6.07) is 4.02. The molecular weight excluding hydrogens is 406 g/mol. The Bertz CT molecular complexity index is 992. The van der Waals surface area contributed by atoms with Gasteiger partial charge in [-0.2, -0.15) is 0 Å². The van der Waals surface area contributed by atoms with Gasteiger partial charge >= 0.3 is 0 Å². The van der Waals surface area contributed by atoms with Crippen LogP contribution in [0, 0.1) is 6.92 Å². The van der Waals surface area contributed by atoms with Crippen LogP contribution in [-0.4, -0.2) is 67.3 Å². The number of aromatic nitrogens is 2. The van der Waals surface area contributed by atoms with E-state index in [2.05, 4.69) is 23.7 Å². The number of pyridine rings is 2. The highest BCUT2D eigenvalue weighted by molar-refractivity contribution is 5.83. The predicted molar refractivity (Wildman–Crippen MR) is 125 cm³/mol. The van der Waals surface area contributed by atoms with Gasteiger partial charge in [0.15, 0.2) is 5.82 Å². The Kier molecular flexibility index (Phi) is 6.50. The number of carbonyl (C=O) groups excluding carboxylic acids is 1. The van der Waals surface area contributed by atoms with Gasteiger partial charge in [-0.15, -0.1) is 0 Å². The first kappa shape index (κ1) is 22.3. The molecule has 0 spiro atoms. The van der Waals surface area contributed by atoms with Gasteiger partial charge in [0.2, 0.25) is 11.8 Å². The molecule has 8 nitrogen and oxygen atoms in total. The molecule has 3 heterocycles. The van der Waals surface area contributed by atoms with Crippen molar-refractivity contribution in [3.8, 4) is 17.0 Å². The molecule has 2 fully saturated rings. The van der Waals surface area contributed by atoms with Crippen molar-refractivity contribution in [1.29, 1.82) is 0 Å². The number of piperazine rings is 1. The lowest BCUT2D eigenvalue weighted by Gasteiger charge is -2.41. The summed E-state index contributed by atoms with van der Waals surface area (Å²) in [4.78, 5) is 26.2. The summed E-state index contributed by atoms with van der Waals surface area (Å²) in [5, 5.41) is 0. The lowest BCUT2D eigenvalue weighted by Crippen LogP contribution is -2.54. The minimum absolute atomic E-state index is 0.0806. The Hall–Kier alpha value is -2.87. The number of nitrogens with two attached hydrogens (primary N) is 1. The molecule has 172 valence electrons. The van der Waals surface area contributed by atoms with E-state index in [0.717, 1.165) is 41.0 Å². The molecule has 0 aromatic carbocycles. The number of nitrogens with zero attached hydrogens (tertiary/aromatic N) is 4. The molecule has 1 aliphatic carbocycles. The van der Waals surface area contributed by atoms with E-state index in [1.165, 1.54) is 0 Å². The van der Waals surface area contributed by atoms with Gasteiger partial charge < -0.3 is 25.0 Å². The average Bonchev–Trinajstić information content (AvgIpc) is 3.64. The molecule has 1 amide bonds. The summed E-state index contributed by atoms with van der Waals surface area (Å²) in [7, 11) is 3.26. The number of hydrogen-bond acceptors (Lipinski definition) is 7. The average molecular weight is 440 g/mol. The van der Waals surface area contributed by atoms with Gasteiger partial charge in [-0.05, 0) is 44.4 Å². The van der Waals surface area contributed by atoms with Crippen LogP contribution in [0.15, 0.2) is 18.3 Å². The van der Waals surface area contributed by atoms with E-state index in [4.69, 9.17) is 20.2 Å². The molecule has 32 heavy (non-hydrogen) atoms. The molecule has 4 rings (SSSR count). The van der Waals surface area contributed by atoms with E-state index in [1.54, 1.807) is 20.4 Å². The van der Waals surface area contributed by atoms with Gasteiger partial charge in [0, 0.05) is 56.0 Å². The minimum Gasteiger partial charge on any atom is -0.481 e. The Balaban J connectivity index is 1.66. The van der Waals surface area contributed by atoms with Crippen LogP contribution in [0.5, 0.6) is 5.88 Å². The van der Waals surface area contributed by atoms with Crippen molar-refractivity contribution in [3.63, 3.8) is 0 Å². The third kappa shape index (κ3) is 4.24. The topological polar surface area (TPSA) is 93.8 Å². The maximum Gasteiger partial charge on any atom is 0.225 e. The second-order valence-electron chi connectivity index (χ2n) is 8.69. The number of ether oxygens (including phenoxy) is 2. The van der Waals surface area contributed by atoms with E-state index in [9.17, 15) is 4.79 Å². The number of amides is 1. The fourth-order valence-electron chi connectivity index (χ4n) is 4.56. The van der Waals surface area contributed by atoms with Gasteiger partial charge in [-0.25, -0.2) is 9.97 Å². The van der Waals surface area contributed by atoms with E-state index in [1.807, 2.05) is 17.0 Å². The zero-order chi connectivity index (χ0) is 22.8. The smallest absolute Gasteiger partial charge is 0.225 e. The number of hydrogen-bond donors (Lipinski definition) is 1. The molecule has 1 atom stereocenters. The van der Waals surface area contributed by atoms with Crippen molar-refractivity contribution < 1.29 is 14.3 Å². The number of anilines is 2. The molecule has 1 saturated carbocycles. The van der Waals surface area contributed by atoms with Crippen LogP contribution in [0.4, 0.5) is 11.5 Å². The lowest BCUT2D eigenvalue weighted by atomic mass is 9.96. The fraction of sp³-hybridized carbons (Fsp3) is 0.542. The van der Waals surface area contributed by atoms with Gasteiger partial charge in [0.25, 0.3) is 0 Å². The summed E-state index contributed by atoms with van der Waals surface area (Å²) >= 11 is 0. The van der Waals surface area contributed by atoms with E-state index < -0.39 is 0 Å². The van der Waals surface area contributed by atoms with Gasteiger partial charge in [0.05, 0.1) is 31.5 Å². The summed E-state index contributed by atoms with van der Waals surface area (Å²) in [5.41, 5.74) is 11.4. The molecule has 0 unspecified atom stereocenters. The zero-order valence-corrected chi connectivity index (χ0v) is 19.4. The van der Waals surface area contributed by atoms with Gasteiger partial charge in [0.1, 0.15) is 0 Å². The second kappa shape index (κ2) is 9.32. The lowest BCUT2D eigenvalue weighted by molar-refractivity contribution is -0.134. The summed E-state index contributed by atoms with van der Waals surface area (Å²) in [6.45, 7) is 6.65. The molecule has 0 bridgehead atoms. The van der Waals surface area contributed by atoms with Crippen molar-refractivity contribution in [3.05, 3.63) is 29.6 Å². The monoisotopic (exact) mass is 439 g/mol. The molecule has 2 aromatic heterocycles. The molecule has 2 aromatic rings. The van der Waals surface area contributed by atoms with Crippen molar-refractivity contribution in [2.45, 2.75) is 45.1 Å². The van der Waals surface area contributed by atoms with Crippen molar-refractivity contribution >= 4 is 17.4 Å². The molecule has 2 aliphatic rings. The van der Waals surface area contributed by atoms with Crippen LogP contribution in [0.2, 0.25) is 0 Å². The van der Waals surface area contributed by atoms with Crippen LogP contribution < -0.4 is 15.4 Å². The zero-order valence-electron chi connectivity index (χ0n) is 19.4. The maximum absolute atomic E-state index is 12.5. The first-order valence-electron chi connectivity index (χ1n) is 11.3. The number of methoxy groups -OCH3 is 2. The minimum atomic E-state index is 0.0806. The van der Waals surface area contributed by atoms with Gasteiger partial charge in [-0.1, -0.05) is 0 Å². The number of rotatable bonds is 7. The second-order valence-corrected chi connectivity index (χ2v) is 8.69. The highest BCUT2D eigenvalue weighted by atomic mass is 16.5. The highest BCUT2D eigenvalue weighted by Gasteiger charge is 2.34. The molecule has 8 heteroatoms. The first-order chi connectivity index (χ1) is 15.5. The van der Waals surface area contributed by atoms with E-state index in [-0.39, 0.29) is 11.9 Å². The molecule has 0 radical (unpaired) electrons. The van der Waals surface area contributed by atoms with E-state index in [0.29, 0.717) is 50.1 Å². The summed E-state index contributed by atoms with van der Waals surface area (Å²) in [5.74, 6) is 1.98. The molecule has 1 saturated heterocycles. The SMILES string of the molecule is COCCC(=O)N1CCN(c2nc(C3CC3)c(-c3cccnc3OC)c(C)c2N)C[C@H]1C. The van der Waals surface area contributed by atoms with Crippen molar-refractivity contribution in [2.24, 2.45) is 0 Å². The Labute approximate surface area is 189 Å². The summed E-state index contributed by atoms with van der Waals surface area (Å²) in [6.07, 6.45) is 4.40. The third-order valence-corrected chi connectivity index (χ3v) is 6.47. The number of nitrogen functional groups attached to an aromatic ring is 1. The summed E-state index contributed by atoms with van der Waals surface area (Å²) < 4.78 is 10.6. The molecule has 1 aliphatic heterocycles. The van der Waals surface area contributed by atoms with Crippen LogP contribution in [0.1, 0.15) is 43.4 Å². The van der Waals surface area contributed by atoms with Gasteiger partial charge in [-0.3, -0.25) is 4.79 Å². The van der Waals surface area contributed by atoms with Crippen LogP contribution in [0.25, 0.3) is 11.1 Å². The predicted octanol–water partition coefficient (Wildman–Crippen LogP) is 2.99. The highest BCUT2D eigenvalue weighted by Crippen LogP contribution is 2.48. The fourth-order valence-corrected chi connectivity index (χ4v) is 4.56. The number of carbonyl (C=O) groups is 1. The Morgan fingerprint density at radius 3 is 2.72 bits per heavy atom. The standard InChI is InChI=1S/C24H33N5O3/c1-15-14-28(11-12-29(15)19(30)9-13-31-3)23-21(25)16(2)20(22(27-23)17-7-8-17)18-6-5-10-26-24(18)32-4/h5-6,10,15,17H,7-9,11-14,25H2,1-4H3/t15-/m1/s1. The first-order valence-corrected chi connectivity index (χ1v) is 11.3. The normalized spacial score (nSPS) is 18.7. The van der Waals surface area contributed by atoms with Crippen LogP contribution >= 0.6 is 0 Å². The Morgan fingerprint density at radius 2 is 2.06 bits per heavy atom. The van der Waals surface area contributed by atoms with Crippen molar-refractivity contribution in [1.82, 2.24) is 14.9 Å². The Morgan fingerprint density at radius 1 is 1.28 bits per heavy atom. The molecule has 2 N–H and O–H groups in total. The quantitative estimate of drug-likeness (QED) is 0.709. The van der Waals surface area contributed by atoms with Crippen LogP contribution in [0.3, 0.4) is 0 Å².